The van der Waals surface area contributed by atoms with Crippen LogP contribution >= 0.6 is 0 Å². The fourth-order valence-corrected chi connectivity index (χ4v) is 6.83. The number of rotatable bonds is 36. The summed E-state index contributed by atoms with van der Waals surface area (Å²) in [6.45, 7) is 6.96. The summed E-state index contributed by atoms with van der Waals surface area (Å²) in [6, 6.07) is 0. The summed E-state index contributed by atoms with van der Waals surface area (Å²) in [7, 11) is 2.75. The normalized spacial score (nSPS) is 13.2. The second-order valence-corrected chi connectivity index (χ2v) is 15.1. The van der Waals surface area contributed by atoms with Gasteiger partial charge in [0, 0.05) is 26.7 Å². The number of carbonyl (C=O) groups excluding carboxylic acids is 6. The SMILES string of the molecule is CCCCCCCCC(OC(C)=O)C(CCCCCCCC(=O)OC)OC(=O)C(=O)OC(CCCCCCCC)C(CCCCCCCC(=O)OC)OC(C)=O. The van der Waals surface area contributed by atoms with Crippen molar-refractivity contribution in [3.8, 4) is 0 Å². The highest BCUT2D eigenvalue weighted by Crippen LogP contribution is 2.24. The van der Waals surface area contributed by atoms with Crippen LogP contribution in [0.1, 0.15) is 207 Å². The van der Waals surface area contributed by atoms with Crippen molar-refractivity contribution in [3.05, 3.63) is 0 Å². The molecular weight excluding hydrogens is 720 g/mol. The van der Waals surface area contributed by atoms with Gasteiger partial charge in [-0.15, -0.1) is 0 Å². The summed E-state index contributed by atoms with van der Waals surface area (Å²) in [5, 5.41) is 0. The Morgan fingerprint density at radius 1 is 0.357 bits per heavy atom. The molecule has 12 nitrogen and oxygen atoms in total. The van der Waals surface area contributed by atoms with E-state index in [2.05, 4.69) is 13.8 Å². The Balaban J connectivity index is 5.83. The van der Waals surface area contributed by atoms with Crippen molar-refractivity contribution in [2.45, 2.75) is 232 Å². The second-order valence-electron chi connectivity index (χ2n) is 15.1. The zero-order valence-electron chi connectivity index (χ0n) is 36.0. The smallest absolute Gasteiger partial charge is 0.417 e. The molecule has 0 aliphatic rings. The predicted octanol–water partition coefficient (Wildman–Crippen LogP) is 9.98. The molecule has 0 saturated heterocycles. The number of hydrogen-bond acceptors (Lipinski definition) is 12. The van der Waals surface area contributed by atoms with Crippen LogP contribution < -0.4 is 0 Å². The third-order valence-corrected chi connectivity index (χ3v) is 10.0. The van der Waals surface area contributed by atoms with Crippen molar-refractivity contribution >= 4 is 35.8 Å². The van der Waals surface area contributed by atoms with Crippen LogP contribution in [0.25, 0.3) is 0 Å². The average molecular weight is 799 g/mol. The van der Waals surface area contributed by atoms with E-state index in [1.54, 1.807) is 0 Å². The van der Waals surface area contributed by atoms with E-state index < -0.39 is 48.3 Å². The number of esters is 6. The van der Waals surface area contributed by atoms with E-state index in [9.17, 15) is 28.8 Å². The number of ether oxygens (including phenoxy) is 6. The first-order chi connectivity index (χ1) is 27.0. The lowest BCUT2D eigenvalue weighted by atomic mass is 9.99. The van der Waals surface area contributed by atoms with Gasteiger partial charge in [-0.05, 0) is 64.2 Å². The predicted molar refractivity (Wildman–Crippen MR) is 216 cm³/mol. The zero-order valence-corrected chi connectivity index (χ0v) is 36.0. The Labute approximate surface area is 338 Å². The summed E-state index contributed by atoms with van der Waals surface area (Å²) < 4.78 is 32.5. The van der Waals surface area contributed by atoms with Gasteiger partial charge in [-0.25, -0.2) is 9.59 Å². The molecule has 4 unspecified atom stereocenters. The molecule has 0 aromatic carbocycles. The van der Waals surface area contributed by atoms with Crippen molar-refractivity contribution in [2.75, 3.05) is 14.2 Å². The molecule has 0 aromatic rings. The van der Waals surface area contributed by atoms with Crippen LogP contribution in [0.3, 0.4) is 0 Å². The number of carbonyl (C=O) groups is 6. The topological polar surface area (TPSA) is 158 Å². The molecule has 0 aromatic heterocycles. The summed E-state index contributed by atoms with van der Waals surface area (Å²) in [6.07, 6.45) is 19.5. The molecule has 0 bridgehead atoms. The van der Waals surface area contributed by atoms with Crippen LogP contribution in [0, 0.1) is 0 Å². The van der Waals surface area contributed by atoms with Crippen LogP contribution in [-0.4, -0.2) is 74.5 Å². The van der Waals surface area contributed by atoms with Gasteiger partial charge in [-0.3, -0.25) is 19.2 Å². The van der Waals surface area contributed by atoms with Gasteiger partial charge in [0.15, 0.2) is 0 Å². The highest BCUT2D eigenvalue weighted by molar-refractivity contribution is 6.29. The van der Waals surface area contributed by atoms with Crippen molar-refractivity contribution in [2.24, 2.45) is 0 Å². The molecule has 0 N–H and O–H groups in total. The van der Waals surface area contributed by atoms with Crippen LogP contribution in [0.2, 0.25) is 0 Å². The van der Waals surface area contributed by atoms with E-state index in [-0.39, 0.29) is 11.9 Å². The van der Waals surface area contributed by atoms with Crippen molar-refractivity contribution < 1.29 is 57.2 Å². The average Bonchev–Trinajstić information content (AvgIpc) is 3.17. The fourth-order valence-electron chi connectivity index (χ4n) is 6.83. The molecule has 0 amide bonds. The van der Waals surface area contributed by atoms with Crippen LogP contribution in [0.15, 0.2) is 0 Å². The minimum absolute atomic E-state index is 0.229. The van der Waals surface area contributed by atoms with E-state index in [1.807, 2.05) is 0 Å². The summed E-state index contributed by atoms with van der Waals surface area (Å²) in [5.74, 6) is -3.76. The minimum atomic E-state index is -1.16. The first-order valence-electron chi connectivity index (χ1n) is 21.9. The van der Waals surface area contributed by atoms with Gasteiger partial charge in [-0.1, -0.05) is 117 Å². The van der Waals surface area contributed by atoms with E-state index >= 15 is 0 Å². The molecule has 0 heterocycles. The molecule has 0 spiro atoms. The van der Waals surface area contributed by atoms with Crippen molar-refractivity contribution in [1.29, 1.82) is 0 Å². The molecule has 0 saturated carbocycles. The van der Waals surface area contributed by atoms with Crippen molar-refractivity contribution in [1.82, 2.24) is 0 Å². The monoisotopic (exact) mass is 799 g/mol. The lowest BCUT2D eigenvalue weighted by Gasteiger charge is -2.28. The maximum Gasteiger partial charge on any atom is 0.417 e. The molecule has 0 fully saturated rings. The highest BCUT2D eigenvalue weighted by Gasteiger charge is 2.34. The van der Waals surface area contributed by atoms with Gasteiger partial charge in [0.2, 0.25) is 0 Å². The van der Waals surface area contributed by atoms with Gasteiger partial charge in [0.1, 0.15) is 24.4 Å². The molecule has 4 atom stereocenters. The standard InChI is InChI=1S/C44H78O12/c1-7-9-11-13-17-23-29-37(53-35(3)45)40(32-26-20-16-22-28-34-42(48)52-6)56-44(50)43(49)55-39(31-25-18-14-12-10-8-2)38(54-36(4)46)30-24-19-15-21-27-33-41(47)51-5/h37-40H,7-34H2,1-6H3. The molecule has 326 valence electrons. The summed E-state index contributed by atoms with van der Waals surface area (Å²) in [5.41, 5.74) is 0. The first-order valence-corrected chi connectivity index (χ1v) is 21.9. The molecule has 0 aliphatic heterocycles. The zero-order chi connectivity index (χ0) is 41.8. The lowest BCUT2D eigenvalue weighted by molar-refractivity contribution is -0.186. The maximum atomic E-state index is 13.5. The van der Waals surface area contributed by atoms with Gasteiger partial charge >= 0.3 is 35.8 Å². The van der Waals surface area contributed by atoms with Crippen LogP contribution in [0.4, 0.5) is 0 Å². The molecule has 56 heavy (non-hydrogen) atoms. The largest absolute Gasteiger partial charge is 0.469 e. The molecule has 12 heteroatoms. The Kier molecular flexibility index (Phi) is 34.1. The fraction of sp³-hybridized carbons (Fsp3) is 0.864. The molecule has 0 aliphatic carbocycles. The summed E-state index contributed by atoms with van der Waals surface area (Å²) in [4.78, 5) is 74.3. The Bertz CT molecular complexity index is 1060. The van der Waals surface area contributed by atoms with Crippen molar-refractivity contribution in [3.63, 3.8) is 0 Å². The van der Waals surface area contributed by atoms with Crippen LogP contribution in [0.5, 0.6) is 0 Å². The minimum Gasteiger partial charge on any atom is -0.469 e. The Hall–Kier alpha value is -3.18. The van der Waals surface area contributed by atoms with E-state index in [0.717, 1.165) is 128 Å². The van der Waals surface area contributed by atoms with E-state index in [0.29, 0.717) is 51.4 Å². The van der Waals surface area contributed by atoms with Crippen LogP contribution in [-0.2, 0) is 57.2 Å². The Morgan fingerprint density at radius 2 is 0.607 bits per heavy atom. The van der Waals surface area contributed by atoms with E-state index in [1.165, 1.54) is 28.1 Å². The van der Waals surface area contributed by atoms with Gasteiger partial charge in [0.25, 0.3) is 0 Å². The second kappa shape index (κ2) is 36.2. The quantitative estimate of drug-likeness (QED) is 0.0256. The highest BCUT2D eigenvalue weighted by atomic mass is 16.6. The Morgan fingerprint density at radius 3 is 0.875 bits per heavy atom. The lowest BCUT2D eigenvalue weighted by Crippen LogP contribution is -2.40. The molecule has 0 rings (SSSR count). The molecular formula is C44H78O12. The molecule has 0 radical (unpaired) electrons. The maximum absolute atomic E-state index is 13.5. The third kappa shape index (κ3) is 30.0. The first kappa shape index (κ1) is 52.8. The summed E-state index contributed by atoms with van der Waals surface area (Å²) >= 11 is 0. The van der Waals surface area contributed by atoms with E-state index in [4.69, 9.17) is 28.4 Å². The van der Waals surface area contributed by atoms with Gasteiger partial charge in [0.05, 0.1) is 14.2 Å². The van der Waals surface area contributed by atoms with Gasteiger partial charge in [-0.2, -0.15) is 0 Å². The third-order valence-electron chi connectivity index (χ3n) is 10.0. The number of methoxy groups -OCH3 is 2. The van der Waals surface area contributed by atoms with Gasteiger partial charge < -0.3 is 28.4 Å². The number of hydrogen-bond donors (Lipinski definition) is 0. The number of unbranched alkanes of at least 4 members (excludes halogenated alkanes) is 18.